The molecule has 0 radical (unpaired) electrons. The van der Waals surface area contributed by atoms with Gasteiger partial charge in [-0.15, -0.1) is 11.6 Å². The van der Waals surface area contributed by atoms with Crippen molar-refractivity contribution in [2.24, 2.45) is 0 Å². The van der Waals surface area contributed by atoms with E-state index >= 15 is 0 Å². The van der Waals surface area contributed by atoms with Crippen LogP contribution in [0.1, 0.15) is 6.42 Å². The molecule has 0 saturated heterocycles. The molecule has 12 heavy (non-hydrogen) atoms. The van der Waals surface area contributed by atoms with Crippen LogP contribution in [0.4, 0.5) is 0 Å². The molecule has 0 spiro atoms. The van der Waals surface area contributed by atoms with Crippen LogP contribution in [-0.4, -0.2) is 17.6 Å². The van der Waals surface area contributed by atoms with Gasteiger partial charge in [-0.25, -0.2) is 0 Å². The van der Waals surface area contributed by atoms with Crippen molar-refractivity contribution in [3.8, 4) is 11.5 Å². The minimum Gasteiger partial charge on any atom is -0.504 e. The standard InChI is InChI=1S/C9H11ClO2/c10-6-3-7-12-9-5-2-1-4-8(9)11/h1-2,4-5,11H,3,6-7H2. The van der Waals surface area contributed by atoms with E-state index in [-0.39, 0.29) is 5.75 Å². The fourth-order valence-electron chi connectivity index (χ4n) is 0.816. The molecule has 2 nitrogen and oxygen atoms in total. The van der Waals surface area contributed by atoms with Gasteiger partial charge in [-0.3, -0.25) is 0 Å². The molecule has 0 aliphatic heterocycles. The number of alkyl halides is 1. The summed E-state index contributed by atoms with van der Waals surface area (Å²) in [4.78, 5) is 0. The second-order valence-corrected chi connectivity index (χ2v) is 2.74. The monoisotopic (exact) mass is 186 g/mol. The minimum absolute atomic E-state index is 0.173. The third kappa shape index (κ3) is 2.62. The fourth-order valence-corrected chi connectivity index (χ4v) is 0.925. The molecule has 0 aromatic heterocycles. The van der Waals surface area contributed by atoms with E-state index in [1.807, 2.05) is 6.07 Å². The van der Waals surface area contributed by atoms with E-state index in [0.717, 1.165) is 6.42 Å². The molecule has 0 heterocycles. The van der Waals surface area contributed by atoms with Crippen molar-refractivity contribution in [2.45, 2.75) is 6.42 Å². The average Bonchev–Trinajstić information content (AvgIpc) is 2.09. The summed E-state index contributed by atoms with van der Waals surface area (Å²) in [6.07, 6.45) is 0.788. The molecule has 0 atom stereocenters. The van der Waals surface area contributed by atoms with Crippen LogP contribution in [0.2, 0.25) is 0 Å². The second-order valence-electron chi connectivity index (χ2n) is 2.36. The number of phenolic OH excluding ortho intramolecular Hbond substituents is 1. The van der Waals surface area contributed by atoms with Crippen LogP contribution in [0.5, 0.6) is 11.5 Å². The number of aromatic hydroxyl groups is 1. The van der Waals surface area contributed by atoms with E-state index in [0.29, 0.717) is 18.2 Å². The van der Waals surface area contributed by atoms with E-state index in [9.17, 15) is 5.11 Å². The first-order valence-electron chi connectivity index (χ1n) is 3.81. The number of halogens is 1. The summed E-state index contributed by atoms with van der Waals surface area (Å²) >= 11 is 5.47. The Morgan fingerprint density at radius 1 is 1.33 bits per heavy atom. The first-order valence-corrected chi connectivity index (χ1v) is 4.35. The maximum atomic E-state index is 9.25. The molecule has 0 bridgehead atoms. The summed E-state index contributed by atoms with van der Waals surface area (Å²) in [6.45, 7) is 0.543. The maximum Gasteiger partial charge on any atom is 0.160 e. The molecule has 1 N–H and O–H groups in total. The van der Waals surface area contributed by atoms with Crippen LogP contribution in [0.3, 0.4) is 0 Å². The summed E-state index contributed by atoms with van der Waals surface area (Å²) < 4.78 is 5.24. The smallest absolute Gasteiger partial charge is 0.160 e. The van der Waals surface area contributed by atoms with E-state index in [1.165, 1.54) is 0 Å². The summed E-state index contributed by atoms with van der Waals surface area (Å²) in [6, 6.07) is 6.89. The zero-order valence-electron chi connectivity index (χ0n) is 6.66. The van der Waals surface area contributed by atoms with Gasteiger partial charge in [0.1, 0.15) is 0 Å². The Kier molecular flexibility index (Phi) is 3.74. The van der Waals surface area contributed by atoms with Crippen molar-refractivity contribution in [1.82, 2.24) is 0 Å². The molecule has 0 aliphatic carbocycles. The predicted octanol–water partition coefficient (Wildman–Crippen LogP) is 2.40. The van der Waals surface area contributed by atoms with Gasteiger partial charge in [0.05, 0.1) is 6.61 Å². The SMILES string of the molecule is Oc1ccccc1OCCCCl. The number of hydrogen-bond donors (Lipinski definition) is 1. The van der Waals surface area contributed by atoms with Crippen LogP contribution >= 0.6 is 11.6 Å². The Bertz CT molecular complexity index is 238. The van der Waals surface area contributed by atoms with Crippen molar-refractivity contribution in [3.63, 3.8) is 0 Å². The van der Waals surface area contributed by atoms with E-state index in [2.05, 4.69) is 0 Å². The van der Waals surface area contributed by atoms with Gasteiger partial charge in [0.2, 0.25) is 0 Å². The molecule has 1 rings (SSSR count). The normalized spacial score (nSPS) is 9.75. The van der Waals surface area contributed by atoms with Crippen molar-refractivity contribution < 1.29 is 9.84 Å². The van der Waals surface area contributed by atoms with Gasteiger partial charge in [-0.1, -0.05) is 12.1 Å². The molecule has 0 aliphatic rings. The number of ether oxygens (including phenoxy) is 1. The lowest BCUT2D eigenvalue weighted by molar-refractivity contribution is 0.300. The number of phenols is 1. The topological polar surface area (TPSA) is 29.5 Å². The average molecular weight is 187 g/mol. The van der Waals surface area contributed by atoms with Gasteiger partial charge in [-0.05, 0) is 18.6 Å². The number of para-hydroxylation sites is 2. The van der Waals surface area contributed by atoms with E-state index in [4.69, 9.17) is 16.3 Å². The molecule has 0 amide bonds. The third-order valence-electron chi connectivity index (χ3n) is 1.40. The van der Waals surface area contributed by atoms with Crippen LogP contribution in [0, 0.1) is 0 Å². The second kappa shape index (κ2) is 4.88. The lowest BCUT2D eigenvalue weighted by atomic mass is 10.3. The highest BCUT2D eigenvalue weighted by atomic mass is 35.5. The van der Waals surface area contributed by atoms with Gasteiger partial charge in [0.25, 0.3) is 0 Å². The number of benzene rings is 1. The molecule has 1 aromatic carbocycles. The Morgan fingerprint density at radius 3 is 2.75 bits per heavy atom. The molecular weight excluding hydrogens is 176 g/mol. The molecule has 0 fully saturated rings. The van der Waals surface area contributed by atoms with Crippen molar-refractivity contribution in [3.05, 3.63) is 24.3 Å². The summed E-state index contributed by atoms with van der Waals surface area (Å²) in [5.41, 5.74) is 0. The van der Waals surface area contributed by atoms with Crippen LogP contribution in [0.25, 0.3) is 0 Å². The Balaban J connectivity index is 2.46. The molecular formula is C9H11ClO2. The minimum atomic E-state index is 0.173. The zero-order valence-corrected chi connectivity index (χ0v) is 7.42. The van der Waals surface area contributed by atoms with Crippen LogP contribution < -0.4 is 4.74 Å². The summed E-state index contributed by atoms with van der Waals surface area (Å²) in [7, 11) is 0. The predicted molar refractivity (Wildman–Crippen MR) is 48.9 cm³/mol. The number of hydrogen-bond acceptors (Lipinski definition) is 2. The van der Waals surface area contributed by atoms with Gasteiger partial charge in [0.15, 0.2) is 11.5 Å². The van der Waals surface area contributed by atoms with E-state index < -0.39 is 0 Å². The summed E-state index contributed by atoms with van der Waals surface area (Å²) in [5, 5.41) is 9.25. The zero-order chi connectivity index (χ0) is 8.81. The highest BCUT2D eigenvalue weighted by molar-refractivity contribution is 6.17. The molecule has 0 saturated carbocycles. The molecule has 66 valence electrons. The molecule has 0 unspecified atom stereocenters. The largest absolute Gasteiger partial charge is 0.504 e. The third-order valence-corrected chi connectivity index (χ3v) is 1.67. The highest BCUT2D eigenvalue weighted by Crippen LogP contribution is 2.24. The van der Waals surface area contributed by atoms with Crippen molar-refractivity contribution in [2.75, 3.05) is 12.5 Å². The quantitative estimate of drug-likeness (QED) is 0.578. The van der Waals surface area contributed by atoms with Crippen LogP contribution in [0.15, 0.2) is 24.3 Å². The Labute approximate surface area is 76.7 Å². The first kappa shape index (κ1) is 9.20. The molecule has 3 heteroatoms. The van der Waals surface area contributed by atoms with Gasteiger partial charge >= 0.3 is 0 Å². The van der Waals surface area contributed by atoms with Crippen molar-refractivity contribution in [1.29, 1.82) is 0 Å². The Morgan fingerprint density at radius 2 is 2.08 bits per heavy atom. The van der Waals surface area contributed by atoms with Gasteiger partial charge in [0, 0.05) is 5.88 Å². The number of rotatable bonds is 4. The van der Waals surface area contributed by atoms with Crippen LogP contribution in [-0.2, 0) is 0 Å². The van der Waals surface area contributed by atoms with E-state index in [1.54, 1.807) is 18.2 Å². The maximum absolute atomic E-state index is 9.25. The lowest BCUT2D eigenvalue weighted by Gasteiger charge is -2.05. The highest BCUT2D eigenvalue weighted by Gasteiger charge is 1.98. The van der Waals surface area contributed by atoms with Gasteiger partial charge < -0.3 is 9.84 Å². The lowest BCUT2D eigenvalue weighted by Crippen LogP contribution is -1.97. The van der Waals surface area contributed by atoms with Gasteiger partial charge in [-0.2, -0.15) is 0 Å². The summed E-state index contributed by atoms with van der Waals surface area (Å²) in [5.74, 6) is 1.27. The Hall–Kier alpha value is -0.890. The molecule has 1 aromatic rings. The first-order chi connectivity index (χ1) is 5.84. The van der Waals surface area contributed by atoms with Crippen molar-refractivity contribution >= 4 is 11.6 Å². The fraction of sp³-hybridized carbons (Fsp3) is 0.333.